The van der Waals surface area contributed by atoms with E-state index in [-0.39, 0.29) is 5.78 Å². The number of benzene rings is 4. The summed E-state index contributed by atoms with van der Waals surface area (Å²) in [7, 11) is 1.65. The van der Waals surface area contributed by atoms with E-state index in [2.05, 4.69) is 11.9 Å². The van der Waals surface area contributed by atoms with Crippen molar-refractivity contribution in [2.45, 2.75) is 32.6 Å². The molecule has 0 saturated carbocycles. The van der Waals surface area contributed by atoms with Crippen LogP contribution >= 0.6 is 0 Å². The second kappa shape index (κ2) is 12.7. The van der Waals surface area contributed by atoms with Gasteiger partial charge in [0.15, 0.2) is 5.78 Å². The highest BCUT2D eigenvalue weighted by molar-refractivity contribution is 6.20. The summed E-state index contributed by atoms with van der Waals surface area (Å²) in [5.41, 5.74) is 3.22. The van der Waals surface area contributed by atoms with Crippen LogP contribution in [0.4, 0.5) is 0 Å². The van der Waals surface area contributed by atoms with E-state index in [9.17, 15) is 4.79 Å². The molecule has 0 aromatic heterocycles. The zero-order valence-corrected chi connectivity index (χ0v) is 21.1. The lowest BCUT2D eigenvalue weighted by atomic mass is 9.89. The Morgan fingerprint density at radius 3 is 2.39 bits per heavy atom. The predicted octanol–water partition coefficient (Wildman–Crippen LogP) is 7.78. The van der Waals surface area contributed by atoms with Gasteiger partial charge in [0, 0.05) is 23.9 Å². The van der Waals surface area contributed by atoms with Crippen molar-refractivity contribution in [3.63, 3.8) is 0 Å². The third-order valence-corrected chi connectivity index (χ3v) is 6.25. The van der Waals surface area contributed by atoms with Gasteiger partial charge in [-0.3, -0.25) is 9.79 Å². The number of methoxy groups -OCH3 is 1. The Kier molecular flexibility index (Phi) is 8.87. The maximum atomic E-state index is 13.8. The summed E-state index contributed by atoms with van der Waals surface area (Å²) < 4.78 is 11.2. The molecule has 0 N–H and O–H groups in total. The van der Waals surface area contributed by atoms with E-state index in [1.54, 1.807) is 7.11 Å². The molecule has 0 saturated heterocycles. The second-order valence-corrected chi connectivity index (χ2v) is 8.76. The maximum Gasteiger partial charge on any atom is 0.194 e. The van der Waals surface area contributed by atoms with Gasteiger partial charge in [-0.2, -0.15) is 0 Å². The number of fused-ring (bicyclic) bond motifs is 1. The standard InChI is InChI=1S/C32H33NO3/c1-3-4-5-9-20-33-21-22-36-27-15-12-25(13-16-27)32(34)31-29(24-10-7-6-8-11-24)18-14-26-23-28(35-2)17-19-30(26)31/h6-8,10-19,21,23H,3-5,9,20,22H2,1-2H3. The Morgan fingerprint density at radius 2 is 1.64 bits per heavy atom. The smallest absolute Gasteiger partial charge is 0.194 e. The van der Waals surface area contributed by atoms with Gasteiger partial charge in [-0.15, -0.1) is 0 Å². The number of nitrogens with zero attached hydrogens (tertiary/aromatic N) is 1. The van der Waals surface area contributed by atoms with Crippen LogP contribution in [0, 0.1) is 0 Å². The molecular formula is C32H33NO3. The van der Waals surface area contributed by atoms with Crippen LogP contribution in [0.25, 0.3) is 21.9 Å². The number of hydrogen-bond donors (Lipinski definition) is 0. The van der Waals surface area contributed by atoms with Crippen molar-refractivity contribution in [1.29, 1.82) is 0 Å². The Bertz CT molecular complexity index is 1310. The zero-order chi connectivity index (χ0) is 25.2. The first-order valence-corrected chi connectivity index (χ1v) is 12.6. The third kappa shape index (κ3) is 6.19. The van der Waals surface area contributed by atoms with Gasteiger partial charge in [-0.25, -0.2) is 0 Å². The van der Waals surface area contributed by atoms with Crippen molar-refractivity contribution in [3.05, 3.63) is 96.1 Å². The first kappa shape index (κ1) is 25.2. The first-order chi connectivity index (χ1) is 17.7. The van der Waals surface area contributed by atoms with Crippen LogP contribution in [-0.4, -0.2) is 32.3 Å². The molecule has 0 heterocycles. The van der Waals surface area contributed by atoms with Crippen LogP contribution in [0.3, 0.4) is 0 Å². The minimum Gasteiger partial charge on any atom is -0.497 e. The van der Waals surface area contributed by atoms with Crippen molar-refractivity contribution in [2.24, 2.45) is 4.99 Å². The van der Waals surface area contributed by atoms with Gasteiger partial charge < -0.3 is 9.47 Å². The lowest BCUT2D eigenvalue weighted by molar-refractivity contribution is 0.104. The molecule has 184 valence electrons. The molecule has 36 heavy (non-hydrogen) atoms. The Morgan fingerprint density at radius 1 is 0.861 bits per heavy atom. The molecule has 4 rings (SSSR count). The average Bonchev–Trinajstić information content (AvgIpc) is 2.94. The van der Waals surface area contributed by atoms with Crippen LogP contribution < -0.4 is 9.47 Å². The lowest BCUT2D eigenvalue weighted by Gasteiger charge is -2.14. The van der Waals surface area contributed by atoms with Crippen LogP contribution in [-0.2, 0) is 0 Å². The maximum absolute atomic E-state index is 13.8. The second-order valence-electron chi connectivity index (χ2n) is 8.76. The van der Waals surface area contributed by atoms with Crippen LogP contribution in [0.1, 0.15) is 48.5 Å². The topological polar surface area (TPSA) is 47.9 Å². The number of carbonyl (C=O) groups excluding carboxylic acids is 1. The molecule has 4 aromatic rings. The fourth-order valence-corrected chi connectivity index (χ4v) is 4.29. The molecule has 0 bridgehead atoms. The molecule has 4 heteroatoms. The highest BCUT2D eigenvalue weighted by Crippen LogP contribution is 2.34. The summed E-state index contributed by atoms with van der Waals surface area (Å²) in [6.07, 6.45) is 6.65. The van der Waals surface area contributed by atoms with E-state index in [0.29, 0.717) is 17.7 Å². The number of carbonyl (C=O) groups is 1. The highest BCUT2D eigenvalue weighted by atomic mass is 16.5. The number of hydrogen-bond acceptors (Lipinski definition) is 4. The minimum absolute atomic E-state index is 0.0233. The van der Waals surface area contributed by atoms with Crippen molar-refractivity contribution in [1.82, 2.24) is 0 Å². The molecule has 0 aliphatic heterocycles. The number of ketones is 1. The quantitative estimate of drug-likeness (QED) is 0.118. The Labute approximate surface area is 213 Å². The minimum atomic E-state index is -0.0233. The monoisotopic (exact) mass is 479 g/mol. The summed E-state index contributed by atoms with van der Waals surface area (Å²) in [4.78, 5) is 18.2. The van der Waals surface area contributed by atoms with Crippen molar-refractivity contribution in [3.8, 4) is 22.6 Å². The number of ether oxygens (including phenoxy) is 2. The van der Waals surface area contributed by atoms with Crippen molar-refractivity contribution >= 4 is 22.8 Å². The Balaban J connectivity index is 1.55. The number of aliphatic imine (C=N–C) groups is 1. The van der Waals surface area contributed by atoms with E-state index in [4.69, 9.17) is 9.47 Å². The molecule has 0 radical (unpaired) electrons. The molecule has 0 atom stereocenters. The van der Waals surface area contributed by atoms with E-state index in [1.807, 2.05) is 91.1 Å². The predicted molar refractivity (Wildman–Crippen MR) is 149 cm³/mol. The van der Waals surface area contributed by atoms with Gasteiger partial charge in [-0.05, 0) is 70.8 Å². The largest absolute Gasteiger partial charge is 0.497 e. The van der Waals surface area contributed by atoms with Crippen molar-refractivity contribution < 1.29 is 14.3 Å². The SMILES string of the molecule is CCCCCCN=CCOc1ccc(C(=O)c2c(-c3ccccc3)ccc3cc(OC)ccc23)cc1. The van der Waals surface area contributed by atoms with Gasteiger partial charge in [-0.1, -0.05) is 68.7 Å². The van der Waals surface area contributed by atoms with Crippen LogP contribution in [0.15, 0.2) is 89.9 Å². The summed E-state index contributed by atoms with van der Waals surface area (Å²) in [6.45, 7) is 3.47. The first-order valence-electron chi connectivity index (χ1n) is 12.6. The zero-order valence-electron chi connectivity index (χ0n) is 21.1. The van der Waals surface area contributed by atoms with Gasteiger partial charge in [0.05, 0.1) is 7.11 Å². The lowest BCUT2D eigenvalue weighted by Crippen LogP contribution is -2.05. The molecule has 0 unspecified atom stereocenters. The normalized spacial score (nSPS) is 11.2. The van der Waals surface area contributed by atoms with Crippen molar-refractivity contribution in [2.75, 3.05) is 20.3 Å². The molecule has 0 aliphatic rings. The molecular weight excluding hydrogens is 446 g/mol. The summed E-state index contributed by atoms with van der Waals surface area (Å²) >= 11 is 0. The summed E-state index contributed by atoms with van der Waals surface area (Å²) in [5, 5.41) is 1.86. The van der Waals surface area contributed by atoms with E-state index in [1.165, 1.54) is 19.3 Å². The average molecular weight is 480 g/mol. The summed E-state index contributed by atoms with van der Waals surface area (Å²) in [5.74, 6) is 1.46. The molecule has 4 aromatic carbocycles. The number of unbranched alkanes of at least 4 members (excludes halogenated alkanes) is 3. The number of rotatable bonds is 12. The summed E-state index contributed by atoms with van der Waals surface area (Å²) in [6, 6.07) is 27.3. The van der Waals surface area contributed by atoms with Crippen LogP contribution in [0.2, 0.25) is 0 Å². The van der Waals surface area contributed by atoms with Gasteiger partial charge in [0.25, 0.3) is 0 Å². The van der Waals surface area contributed by atoms with Gasteiger partial charge in [0.1, 0.15) is 18.1 Å². The van der Waals surface area contributed by atoms with E-state index >= 15 is 0 Å². The fourth-order valence-electron chi connectivity index (χ4n) is 4.29. The molecule has 0 amide bonds. The Hall–Kier alpha value is -3.92. The molecule has 0 aliphatic carbocycles. The van der Waals surface area contributed by atoms with E-state index in [0.717, 1.165) is 46.4 Å². The van der Waals surface area contributed by atoms with Gasteiger partial charge in [0.2, 0.25) is 0 Å². The molecule has 0 fully saturated rings. The third-order valence-electron chi connectivity index (χ3n) is 6.25. The molecule has 4 nitrogen and oxygen atoms in total. The van der Waals surface area contributed by atoms with E-state index < -0.39 is 0 Å². The molecule has 0 spiro atoms. The highest BCUT2D eigenvalue weighted by Gasteiger charge is 2.19. The van der Waals surface area contributed by atoms with Crippen LogP contribution in [0.5, 0.6) is 11.5 Å². The van der Waals surface area contributed by atoms with Gasteiger partial charge >= 0.3 is 0 Å². The fraction of sp³-hybridized carbons (Fsp3) is 0.250.